The van der Waals surface area contributed by atoms with Crippen molar-refractivity contribution in [3.05, 3.63) is 30.3 Å². The van der Waals surface area contributed by atoms with Crippen molar-refractivity contribution in [2.75, 3.05) is 50.9 Å². The number of anilines is 1. The maximum Gasteiger partial charge on any atom is 0.253 e. The number of fused-ring (bicyclic) bond motifs is 1. The molecule has 0 saturated carbocycles. The van der Waals surface area contributed by atoms with E-state index in [0.29, 0.717) is 57.3 Å². The average Bonchev–Trinajstić information content (AvgIpc) is 2.67. The Hall–Kier alpha value is -2.32. The monoisotopic (exact) mass is 346 g/mol. The second kappa shape index (κ2) is 6.89. The molecular weight excluding hydrogens is 327 g/mol. The van der Waals surface area contributed by atoms with Crippen molar-refractivity contribution in [3.8, 4) is 0 Å². The predicted octanol–water partition coefficient (Wildman–Crippen LogP) is 0.833. The van der Waals surface area contributed by atoms with Crippen LogP contribution in [0.5, 0.6) is 0 Å². The van der Waals surface area contributed by atoms with Crippen LogP contribution in [0.25, 0.3) is 10.9 Å². The molecule has 0 bridgehead atoms. The highest BCUT2D eigenvalue weighted by Gasteiger charge is 2.32. The Labute approximate surface area is 144 Å². The molecule has 0 spiro atoms. The van der Waals surface area contributed by atoms with Crippen LogP contribution in [0.15, 0.2) is 24.5 Å². The number of ether oxygens (including phenoxy) is 2. The van der Waals surface area contributed by atoms with Crippen molar-refractivity contribution >= 4 is 22.6 Å². The van der Waals surface area contributed by atoms with Crippen molar-refractivity contribution in [3.63, 3.8) is 0 Å². The van der Waals surface area contributed by atoms with Gasteiger partial charge in [-0.2, -0.15) is 0 Å². The number of morpholine rings is 2. The van der Waals surface area contributed by atoms with Gasteiger partial charge < -0.3 is 19.3 Å². The van der Waals surface area contributed by atoms with Gasteiger partial charge in [0, 0.05) is 31.1 Å². The zero-order valence-electron chi connectivity index (χ0n) is 13.7. The largest absolute Gasteiger partial charge is 0.378 e. The van der Waals surface area contributed by atoms with E-state index < -0.39 is 6.10 Å². The highest BCUT2D eigenvalue weighted by molar-refractivity contribution is 5.90. The van der Waals surface area contributed by atoms with Crippen LogP contribution in [0.3, 0.4) is 0 Å². The smallest absolute Gasteiger partial charge is 0.253 e. The van der Waals surface area contributed by atoms with Gasteiger partial charge in [-0.3, -0.25) is 4.79 Å². The zero-order valence-corrected chi connectivity index (χ0v) is 13.7. The van der Waals surface area contributed by atoms with Gasteiger partial charge in [0.05, 0.1) is 31.9 Å². The Morgan fingerprint density at radius 2 is 2.00 bits per heavy atom. The lowest BCUT2D eigenvalue weighted by Crippen LogP contribution is -2.53. The fourth-order valence-electron chi connectivity index (χ4n) is 3.25. The normalized spacial score (nSPS) is 21.6. The van der Waals surface area contributed by atoms with E-state index in [9.17, 15) is 9.18 Å². The Balaban J connectivity index is 1.56. The van der Waals surface area contributed by atoms with Gasteiger partial charge in [-0.25, -0.2) is 14.4 Å². The summed E-state index contributed by atoms with van der Waals surface area (Å²) in [7, 11) is 0. The molecule has 2 aliphatic rings. The van der Waals surface area contributed by atoms with E-state index in [4.69, 9.17) is 9.47 Å². The molecule has 2 aromatic rings. The lowest BCUT2D eigenvalue weighted by molar-refractivity contribution is -0.148. The zero-order chi connectivity index (χ0) is 17.2. The van der Waals surface area contributed by atoms with E-state index in [1.54, 1.807) is 11.0 Å². The highest BCUT2D eigenvalue weighted by atomic mass is 19.1. The first-order chi connectivity index (χ1) is 12.2. The number of hydrogen-bond donors (Lipinski definition) is 0. The van der Waals surface area contributed by atoms with Crippen LogP contribution in [0, 0.1) is 5.82 Å². The van der Waals surface area contributed by atoms with Crippen molar-refractivity contribution < 1.29 is 18.7 Å². The Kier molecular flexibility index (Phi) is 4.46. The fourth-order valence-corrected chi connectivity index (χ4v) is 3.25. The van der Waals surface area contributed by atoms with Gasteiger partial charge in [-0.05, 0) is 12.1 Å². The number of amides is 1. The number of carbonyl (C=O) groups excluding carboxylic acids is 1. The molecule has 1 amide bonds. The molecule has 2 fully saturated rings. The second-order valence-corrected chi connectivity index (χ2v) is 6.10. The number of aromatic nitrogens is 2. The van der Waals surface area contributed by atoms with Crippen molar-refractivity contribution in [2.45, 2.75) is 6.10 Å². The minimum Gasteiger partial charge on any atom is -0.378 e. The number of carbonyl (C=O) groups is 1. The molecule has 25 heavy (non-hydrogen) atoms. The quantitative estimate of drug-likeness (QED) is 0.803. The Morgan fingerprint density at radius 3 is 2.84 bits per heavy atom. The Bertz CT molecular complexity index is 782. The topological polar surface area (TPSA) is 67.8 Å². The third kappa shape index (κ3) is 3.27. The minimum atomic E-state index is -0.530. The second-order valence-electron chi connectivity index (χ2n) is 6.10. The molecule has 0 N–H and O–H groups in total. The highest BCUT2D eigenvalue weighted by Crippen LogP contribution is 2.25. The van der Waals surface area contributed by atoms with E-state index in [1.165, 1.54) is 18.5 Å². The minimum absolute atomic E-state index is 0.0163. The molecule has 132 valence electrons. The molecule has 4 rings (SSSR count). The Morgan fingerprint density at radius 1 is 1.16 bits per heavy atom. The van der Waals surface area contributed by atoms with Crippen molar-refractivity contribution in [1.82, 2.24) is 14.9 Å². The summed E-state index contributed by atoms with van der Waals surface area (Å²) < 4.78 is 24.4. The summed E-state index contributed by atoms with van der Waals surface area (Å²) in [5, 5.41) is 0.767. The van der Waals surface area contributed by atoms with E-state index >= 15 is 0 Å². The van der Waals surface area contributed by atoms with Crippen molar-refractivity contribution in [2.24, 2.45) is 0 Å². The molecule has 1 aromatic heterocycles. The molecule has 1 atom stereocenters. The van der Waals surface area contributed by atoms with Crippen LogP contribution < -0.4 is 4.90 Å². The van der Waals surface area contributed by atoms with Crippen LogP contribution in [-0.4, -0.2) is 72.9 Å². The van der Waals surface area contributed by atoms with Gasteiger partial charge in [0.1, 0.15) is 18.0 Å². The molecular formula is C17H19FN4O3. The maximum atomic E-state index is 13.4. The molecule has 0 radical (unpaired) electrons. The van der Waals surface area contributed by atoms with E-state index in [1.807, 2.05) is 4.90 Å². The lowest BCUT2D eigenvalue weighted by atomic mass is 10.2. The summed E-state index contributed by atoms with van der Waals surface area (Å²) in [6, 6.07) is 4.46. The summed E-state index contributed by atoms with van der Waals surface area (Å²) in [4.78, 5) is 25.0. The van der Waals surface area contributed by atoms with Gasteiger partial charge in [0.15, 0.2) is 6.10 Å². The van der Waals surface area contributed by atoms with E-state index in [2.05, 4.69) is 9.97 Å². The first-order valence-corrected chi connectivity index (χ1v) is 8.36. The average molecular weight is 346 g/mol. The van der Waals surface area contributed by atoms with Gasteiger partial charge >= 0.3 is 0 Å². The van der Waals surface area contributed by atoms with E-state index in [-0.39, 0.29) is 11.7 Å². The predicted molar refractivity (Wildman–Crippen MR) is 88.8 cm³/mol. The van der Waals surface area contributed by atoms with E-state index in [0.717, 1.165) is 5.39 Å². The van der Waals surface area contributed by atoms with Crippen LogP contribution in [0.1, 0.15) is 0 Å². The van der Waals surface area contributed by atoms with Crippen LogP contribution in [0.2, 0.25) is 0 Å². The van der Waals surface area contributed by atoms with Crippen LogP contribution in [0.4, 0.5) is 10.2 Å². The third-order valence-electron chi connectivity index (χ3n) is 4.54. The summed E-state index contributed by atoms with van der Waals surface area (Å²) in [5.74, 6) is 0.352. The number of nitrogens with zero attached hydrogens (tertiary/aromatic N) is 4. The summed E-state index contributed by atoms with van der Waals surface area (Å²) in [5.41, 5.74) is 0.549. The summed E-state index contributed by atoms with van der Waals surface area (Å²) in [6.07, 6.45) is 0.892. The number of rotatable bonds is 2. The molecule has 3 heterocycles. The molecule has 1 aromatic carbocycles. The number of benzene rings is 1. The molecule has 8 heteroatoms. The molecule has 0 aliphatic carbocycles. The maximum absolute atomic E-state index is 13.4. The molecule has 7 nitrogen and oxygen atoms in total. The summed E-state index contributed by atoms with van der Waals surface area (Å²) in [6.45, 7) is 3.78. The number of hydrogen-bond acceptors (Lipinski definition) is 6. The third-order valence-corrected chi connectivity index (χ3v) is 4.54. The van der Waals surface area contributed by atoms with Gasteiger partial charge in [0.2, 0.25) is 0 Å². The first-order valence-electron chi connectivity index (χ1n) is 8.36. The molecule has 2 saturated heterocycles. The standard InChI is InChI=1S/C17H19FN4O3/c18-12-1-2-13-14(9-12)19-11-20-16(13)22-5-8-25-15(10-22)17(23)21-3-6-24-7-4-21/h1-2,9,11,15H,3-8,10H2. The van der Waals surface area contributed by atoms with Crippen molar-refractivity contribution in [1.29, 1.82) is 0 Å². The van der Waals surface area contributed by atoms with Gasteiger partial charge in [-0.15, -0.1) is 0 Å². The molecule has 2 aliphatic heterocycles. The lowest BCUT2D eigenvalue weighted by Gasteiger charge is -2.36. The van der Waals surface area contributed by atoms with Crippen LogP contribution >= 0.6 is 0 Å². The molecule has 1 unspecified atom stereocenters. The number of halogens is 1. The van der Waals surface area contributed by atoms with Gasteiger partial charge in [-0.1, -0.05) is 0 Å². The first kappa shape index (κ1) is 16.2. The fraction of sp³-hybridized carbons (Fsp3) is 0.471. The summed E-state index contributed by atoms with van der Waals surface area (Å²) >= 11 is 0. The van der Waals surface area contributed by atoms with Gasteiger partial charge in [0.25, 0.3) is 5.91 Å². The SMILES string of the molecule is O=C(C1CN(c2ncnc3cc(F)ccc23)CCO1)N1CCOCC1. The van der Waals surface area contributed by atoms with Crippen LogP contribution in [-0.2, 0) is 14.3 Å².